The normalized spacial score (nSPS) is 10.8. The van der Waals surface area contributed by atoms with E-state index in [1.54, 1.807) is 12.3 Å². The lowest BCUT2D eigenvalue weighted by atomic mass is 10.0. The fourth-order valence-electron chi connectivity index (χ4n) is 2.40. The third-order valence-electron chi connectivity index (χ3n) is 3.29. The Labute approximate surface area is 111 Å². The molecule has 0 saturated carbocycles. The zero-order valence-corrected chi connectivity index (χ0v) is 11.1. The van der Waals surface area contributed by atoms with Crippen LogP contribution in [0, 0.1) is 0 Å². The van der Waals surface area contributed by atoms with Crippen molar-refractivity contribution < 1.29 is 14.7 Å². The molecule has 1 aromatic carbocycles. The van der Waals surface area contributed by atoms with E-state index >= 15 is 0 Å². The van der Waals surface area contributed by atoms with Gasteiger partial charge >= 0.3 is 5.97 Å². The second-order valence-electron chi connectivity index (χ2n) is 4.59. The van der Waals surface area contributed by atoms with Gasteiger partial charge in [0.25, 0.3) is 0 Å². The number of aromatic nitrogens is 1. The Morgan fingerprint density at radius 2 is 2.11 bits per heavy atom. The smallest absolute Gasteiger partial charge is 0.337 e. The predicted octanol–water partition coefficient (Wildman–Crippen LogP) is 3.12. The number of rotatable bonds is 5. The highest BCUT2D eigenvalue weighted by Crippen LogP contribution is 2.26. The summed E-state index contributed by atoms with van der Waals surface area (Å²) >= 11 is 0. The van der Waals surface area contributed by atoms with Gasteiger partial charge < -0.3 is 9.67 Å². The lowest BCUT2D eigenvalue weighted by Gasteiger charge is -2.08. The number of aldehydes is 1. The number of carboxylic acid groups (broad SMARTS) is 1. The van der Waals surface area contributed by atoms with Gasteiger partial charge in [0.05, 0.1) is 11.1 Å². The third kappa shape index (κ3) is 2.26. The summed E-state index contributed by atoms with van der Waals surface area (Å²) in [6, 6.07) is 3.61. The molecule has 2 aromatic rings. The molecule has 0 radical (unpaired) electrons. The molecule has 0 bridgehead atoms. The van der Waals surface area contributed by atoms with Crippen LogP contribution in [0.15, 0.2) is 18.3 Å². The molecular weight excluding hydrogens is 242 g/mol. The Hall–Kier alpha value is -2.10. The Morgan fingerprint density at radius 3 is 2.63 bits per heavy atom. The molecule has 0 aliphatic rings. The molecule has 0 saturated heterocycles. The summed E-state index contributed by atoms with van der Waals surface area (Å²) in [4.78, 5) is 22.6. The van der Waals surface area contributed by atoms with Crippen molar-refractivity contribution in [3.05, 3.63) is 35.0 Å². The number of fused-ring (bicyclic) bond motifs is 1. The van der Waals surface area contributed by atoms with Crippen molar-refractivity contribution in [1.29, 1.82) is 0 Å². The van der Waals surface area contributed by atoms with Crippen molar-refractivity contribution in [1.82, 2.24) is 4.57 Å². The van der Waals surface area contributed by atoms with E-state index in [2.05, 4.69) is 0 Å². The van der Waals surface area contributed by atoms with Crippen molar-refractivity contribution in [2.75, 3.05) is 0 Å². The van der Waals surface area contributed by atoms with E-state index < -0.39 is 5.97 Å². The van der Waals surface area contributed by atoms with Gasteiger partial charge in [0.1, 0.15) is 0 Å². The number of hydrogen-bond donors (Lipinski definition) is 1. The molecule has 0 unspecified atom stereocenters. The zero-order chi connectivity index (χ0) is 14.0. The highest BCUT2D eigenvalue weighted by molar-refractivity contribution is 6.07. The van der Waals surface area contributed by atoms with Crippen molar-refractivity contribution >= 4 is 23.2 Å². The molecule has 4 heteroatoms. The summed E-state index contributed by atoms with van der Waals surface area (Å²) in [6.45, 7) is 4.69. The average molecular weight is 259 g/mol. The number of carboxylic acids is 1. The minimum absolute atomic E-state index is 0.274. The van der Waals surface area contributed by atoms with Gasteiger partial charge in [0.2, 0.25) is 0 Å². The van der Waals surface area contributed by atoms with Crippen LogP contribution in [0.2, 0.25) is 0 Å². The number of nitrogens with zero attached hydrogens (tertiary/aromatic N) is 1. The van der Waals surface area contributed by atoms with Crippen LogP contribution >= 0.6 is 0 Å². The molecule has 4 nitrogen and oxygen atoms in total. The standard InChI is InChI=1S/C15H17NO3/c1-3-5-16-8-11(9-17)12-6-10(4-2)7-13(14(12)16)15(18)19/h6-9H,3-5H2,1-2H3,(H,18,19). The zero-order valence-electron chi connectivity index (χ0n) is 11.1. The highest BCUT2D eigenvalue weighted by atomic mass is 16.4. The molecule has 1 aromatic heterocycles. The van der Waals surface area contributed by atoms with Crippen LogP contribution in [0.5, 0.6) is 0 Å². The van der Waals surface area contributed by atoms with Crippen molar-refractivity contribution in [2.24, 2.45) is 0 Å². The van der Waals surface area contributed by atoms with Crippen LogP contribution in [-0.4, -0.2) is 21.9 Å². The second-order valence-corrected chi connectivity index (χ2v) is 4.59. The Morgan fingerprint density at radius 1 is 1.37 bits per heavy atom. The maximum atomic E-state index is 11.4. The molecule has 0 fully saturated rings. The van der Waals surface area contributed by atoms with Gasteiger partial charge in [-0.15, -0.1) is 0 Å². The van der Waals surface area contributed by atoms with E-state index in [0.717, 1.165) is 30.1 Å². The van der Waals surface area contributed by atoms with E-state index in [1.165, 1.54) is 0 Å². The molecule has 100 valence electrons. The highest BCUT2D eigenvalue weighted by Gasteiger charge is 2.17. The second kappa shape index (κ2) is 5.26. The number of aromatic carboxylic acids is 1. The first-order chi connectivity index (χ1) is 9.12. The average Bonchev–Trinajstić information content (AvgIpc) is 2.76. The molecule has 1 heterocycles. The number of hydrogen-bond acceptors (Lipinski definition) is 2. The minimum Gasteiger partial charge on any atom is -0.478 e. The fraction of sp³-hybridized carbons (Fsp3) is 0.333. The van der Waals surface area contributed by atoms with Crippen LogP contribution in [-0.2, 0) is 13.0 Å². The van der Waals surface area contributed by atoms with Crippen LogP contribution < -0.4 is 0 Å². The maximum absolute atomic E-state index is 11.4. The third-order valence-corrected chi connectivity index (χ3v) is 3.29. The van der Waals surface area contributed by atoms with E-state index in [9.17, 15) is 14.7 Å². The SMILES string of the molecule is CCCn1cc(C=O)c2cc(CC)cc(C(=O)O)c21. The molecule has 1 N–H and O–H groups in total. The largest absolute Gasteiger partial charge is 0.478 e. The van der Waals surface area contributed by atoms with Gasteiger partial charge in [-0.25, -0.2) is 4.79 Å². The molecule has 19 heavy (non-hydrogen) atoms. The number of carbonyl (C=O) groups excluding carboxylic acids is 1. The summed E-state index contributed by atoms with van der Waals surface area (Å²) < 4.78 is 1.86. The Bertz CT molecular complexity index is 640. The lowest BCUT2D eigenvalue weighted by Crippen LogP contribution is -2.04. The minimum atomic E-state index is -0.951. The van der Waals surface area contributed by atoms with Gasteiger partial charge in [0.15, 0.2) is 6.29 Å². The topological polar surface area (TPSA) is 59.3 Å². The summed E-state index contributed by atoms with van der Waals surface area (Å²) in [6.07, 6.45) is 4.16. The Kier molecular flexibility index (Phi) is 3.69. The van der Waals surface area contributed by atoms with E-state index in [4.69, 9.17) is 0 Å². The maximum Gasteiger partial charge on any atom is 0.337 e. The van der Waals surface area contributed by atoms with Gasteiger partial charge in [-0.1, -0.05) is 13.8 Å². The van der Waals surface area contributed by atoms with Crippen LogP contribution in [0.25, 0.3) is 10.9 Å². The fourth-order valence-corrected chi connectivity index (χ4v) is 2.40. The van der Waals surface area contributed by atoms with E-state index in [-0.39, 0.29) is 5.56 Å². The van der Waals surface area contributed by atoms with Crippen molar-refractivity contribution in [2.45, 2.75) is 33.2 Å². The molecule has 0 amide bonds. The van der Waals surface area contributed by atoms with Gasteiger partial charge in [0, 0.05) is 23.7 Å². The van der Waals surface area contributed by atoms with Crippen LogP contribution in [0.3, 0.4) is 0 Å². The first-order valence-electron chi connectivity index (χ1n) is 6.46. The lowest BCUT2D eigenvalue weighted by molar-refractivity contribution is 0.0698. The first kappa shape index (κ1) is 13.3. The summed E-state index contributed by atoms with van der Waals surface area (Å²) in [5.41, 5.74) is 2.41. The summed E-state index contributed by atoms with van der Waals surface area (Å²) in [7, 11) is 0. The first-order valence-corrected chi connectivity index (χ1v) is 6.46. The monoisotopic (exact) mass is 259 g/mol. The van der Waals surface area contributed by atoms with Crippen molar-refractivity contribution in [3.8, 4) is 0 Å². The summed E-state index contributed by atoms with van der Waals surface area (Å²) in [5.74, 6) is -0.951. The molecule has 0 atom stereocenters. The van der Waals surface area contributed by atoms with E-state index in [0.29, 0.717) is 17.6 Å². The van der Waals surface area contributed by atoms with Crippen molar-refractivity contribution in [3.63, 3.8) is 0 Å². The number of carbonyl (C=O) groups is 2. The quantitative estimate of drug-likeness (QED) is 0.839. The van der Waals surface area contributed by atoms with Gasteiger partial charge in [-0.2, -0.15) is 0 Å². The summed E-state index contributed by atoms with van der Waals surface area (Å²) in [5, 5.41) is 10.1. The number of aryl methyl sites for hydroxylation is 2. The van der Waals surface area contributed by atoms with E-state index in [1.807, 2.05) is 24.5 Å². The van der Waals surface area contributed by atoms with Gasteiger partial charge in [-0.3, -0.25) is 4.79 Å². The van der Waals surface area contributed by atoms with Crippen LogP contribution in [0.4, 0.5) is 0 Å². The van der Waals surface area contributed by atoms with Gasteiger partial charge in [-0.05, 0) is 30.5 Å². The Balaban J connectivity index is 2.85. The molecule has 0 spiro atoms. The molecule has 0 aliphatic heterocycles. The number of benzene rings is 1. The predicted molar refractivity (Wildman–Crippen MR) is 74.0 cm³/mol. The molecule has 0 aliphatic carbocycles. The van der Waals surface area contributed by atoms with Crippen LogP contribution in [0.1, 0.15) is 46.5 Å². The molecule has 2 rings (SSSR count). The molecular formula is C15H17NO3.